The highest BCUT2D eigenvalue weighted by molar-refractivity contribution is 6.28. The Balaban J connectivity index is 1.52. The lowest BCUT2D eigenvalue weighted by Gasteiger charge is -2.13. The lowest BCUT2D eigenvalue weighted by molar-refractivity contribution is -0.255. The largest absolute Gasteiger partial charge is 0.545 e. The number of carbonyl (C=O) groups excluding carboxylic acids is 3. The molecule has 0 bridgehead atoms. The fourth-order valence-corrected chi connectivity index (χ4v) is 3.41. The highest BCUT2D eigenvalue weighted by atomic mass is 16.5. The molecule has 1 heterocycles. The van der Waals surface area contributed by atoms with Crippen LogP contribution in [0.25, 0.3) is 6.08 Å². The van der Waals surface area contributed by atoms with Crippen LogP contribution in [0.3, 0.4) is 0 Å². The number of hydrogen-bond acceptors (Lipinski definition) is 6. The van der Waals surface area contributed by atoms with Gasteiger partial charge in [-0.2, -0.15) is 0 Å². The Bertz CT molecular complexity index is 1250. The van der Waals surface area contributed by atoms with Crippen LogP contribution in [0.15, 0.2) is 78.5 Å². The van der Waals surface area contributed by atoms with Crippen molar-refractivity contribution in [2.24, 2.45) is 0 Å². The van der Waals surface area contributed by atoms with Crippen LogP contribution in [0.5, 0.6) is 11.5 Å². The summed E-state index contributed by atoms with van der Waals surface area (Å²) in [5.74, 6) is -0.727. The van der Waals surface area contributed by atoms with Crippen LogP contribution < -0.4 is 24.8 Å². The van der Waals surface area contributed by atoms with E-state index in [1.54, 1.807) is 66.7 Å². The minimum atomic E-state index is -1.24. The van der Waals surface area contributed by atoms with Crippen molar-refractivity contribution in [3.63, 3.8) is 0 Å². The van der Waals surface area contributed by atoms with E-state index in [0.29, 0.717) is 29.4 Å². The summed E-state index contributed by atoms with van der Waals surface area (Å²) in [5.41, 5.74) is 2.15. The number of aromatic carboxylic acids is 1. The van der Waals surface area contributed by atoms with Gasteiger partial charge in [0.15, 0.2) is 11.5 Å². The van der Waals surface area contributed by atoms with Crippen LogP contribution in [0.2, 0.25) is 0 Å². The molecule has 0 spiro atoms. The Labute approximate surface area is 196 Å². The first-order chi connectivity index (χ1) is 16.5. The number of benzene rings is 3. The Kier molecular flexibility index (Phi) is 6.59. The third-order valence-electron chi connectivity index (χ3n) is 5.06. The maximum Gasteiger partial charge on any atom is 0.333 e. The van der Waals surface area contributed by atoms with E-state index in [1.807, 2.05) is 6.92 Å². The zero-order valence-electron chi connectivity index (χ0n) is 18.3. The minimum Gasteiger partial charge on any atom is -0.545 e. The molecule has 3 amide bonds. The molecule has 172 valence electrons. The number of ether oxygens (including phenoxy) is 2. The van der Waals surface area contributed by atoms with Crippen LogP contribution in [0.4, 0.5) is 10.5 Å². The number of carbonyl (C=O) groups is 3. The number of imide groups is 1. The van der Waals surface area contributed by atoms with Crippen molar-refractivity contribution in [1.82, 2.24) is 5.32 Å². The Morgan fingerprint density at radius 1 is 0.971 bits per heavy atom. The first-order valence-corrected chi connectivity index (χ1v) is 10.6. The van der Waals surface area contributed by atoms with Gasteiger partial charge >= 0.3 is 6.03 Å². The average molecular weight is 457 g/mol. The number of carboxylic acids is 1. The van der Waals surface area contributed by atoms with Gasteiger partial charge in [-0.1, -0.05) is 48.5 Å². The number of nitrogens with one attached hydrogen (secondary N) is 1. The number of hydrogen-bond donors (Lipinski definition) is 1. The molecule has 0 aromatic heterocycles. The van der Waals surface area contributed by atoms with Crippen molar-refractivity contribution in [3.05, 3.63) is 95.2 Å². The number of anilines is 1. The average Bonchev–Trinajstić information content (AvgIpc) is 3.12. The molecule has 8 nitrogen and oxygen atoms in total. The van der Waals surface area contributed by atoms with E-state index in [-0.39, 0.29) is 17.9 Å². The summed E-state index contributed by atoms with van der Waals surface area (Å²) in [5, 5.41) is 13.5. The predicted molar refractivity (Wildman–Crippen MR) is 123 cm³/mol. The number of urea groups is 1. The van der Waals surface area contributed by atoms with E-state index in [1.165, 1.54) is 12.1 Å². The number of para-hydroxylation sites is 1. The highest BCUT2D eigenvalue weighted by Crippen LogP contribution is 2.31. The van der Waals surface area contributed by atoms with Crippen molar-refractivity contribution < 1.29 is 29.0 Å². The molecule has 34 heavy (non-hydrogen) atoms. The molecule has 1 aliphatic rings. The van der Waals surface area contributed by atoms with E-state index in [2.05, 4.69) is 5.32 Å². The Hall–Kier alpha value is -4.59. The normalized spacial score (nSPS) is 14.3. The molecular formula is C26H21N2O6-. The molecule has 1 saturated heterocycles. The van der Waals surface area contributed by atoms with Gasteiger partial charge in [0.1, 0.15) is 12.3 Å². The topological polar surface area (TPSA) is 108 Å². The van der Waals surface area contributed by atoms with Gasteiger partial charge in [-0.25, -0.2) is 9.69 Å². The molecule has 3 aromatic rings. The zero-order valence-corrected chi connectivity index (χ0v) is 18.3. The quantitative estimate of drug-likeness (QED) is 0.411. The predicted octanol–water partition coefficient (Wildman–Crippen LogP) is 3.13. The van der Waals surface area contributed by atoms with Gasteiger partial charge in [-0.3, -0.25) is 4.79 Å². The van der Waals surface area contributed by atoms with Crippen LogP contribution in [-0.2, 0) is 11.4 Å². The maximum absolute atomic E-state index is 12.8. The maximum atomic E-state index is 12.8. The summed E-state index contributed by atoms with van der Waals surface area (Å²) in [6, 6.07) is 19.6. The van der Waals surface area contributed by atoms with Gasteiger partial charge in [0.25, 0.3) is 5.91 Å². The van der Waals surface area contributed by atoms with E-state index in [4.69, 9.17) is 9.47 Å². The molecule has 0 radical (unpaired) electrons. The second kappa shape index (κ2) is 9.91. The highest BCUT2D eigenvalue weighted by Gasteiger charge is 2.34. The summed E-state index contributed by atoms with van der Waals surface area (Å²) >= 11 is 0. The molecule has 3 aromatic carbocycles. The summed E-state index contributed by atoms with van der Waals surface area (Å²) < 4.78 is 11.6. The van der Waals surface area contributed by atoms with Crippen molar-refractivity contribution in [2.45, 2.75) is 13.5 Å². The van der Waals surface area contributed by atoms with Crippen LogP contribution in [-0.4, -0.2) is 24.5 Å². The first-order valence-electron chi connectivity index (χ1n) is 10.6. The van der Waals surface area contributed by atoms with Crippen molar-refractivity contribution in [2.75, 3.05) is 11.5 Å². The van der Waals surface area contributed by atoms with Gasteiger partial charge in [0.2, 0.25) is 0 Å². The Morgan fingerprint density at radius 3 is 2.38 bits per heavy atom. The van der Waals surface area contributed by atoms with Gasteiger partial charge in [-0.05, 0) is 54.0 Å². The Morgan fingerprint density at radius 2 is 1.71 bits per heavy atom. The molecule has 0 atom stereocenters. The van der Waals surface area contributed by atoms with Crippen LogP contribution >= 0.6 is 0 Å². The molecule has 1 fully saturated rings. The molecule has 4 rings (SSSR count). The van der Waals surface area contributed by atoms with E-state index in [9.17, 15) is 19.5 Å². The molecule has 0 unspecified atom stereocenters. The molecule has 8 heteroatoms. The third-order valence-corrected chi connectivity index (χ3v) is 5.06. The lowest BCUT2D eigenvalue weighted by Crippen LogP contribution is -2.30. The van der Waals surface area contributed by atoms with Crippen molar-refractivity contribution >= 4 is 29.7 Å². The lowest BCUT2D eigenvalue weighted by atomic mass is 10.1. The number of carboxylic acid groups (broad SMARTS) is 1. The third kappa shape index (κ3) is 4.91. The standard InChI is InChI=1S/C26H22N2O6/c1-2-33-23-15-18(10-13-22(23)34-16-17-8-11-19(12-9-17)25(30)31)14-21-24(29)28(26(32)27-21)20-6-4-3-5-7-20/h3-15H,2,16H2,1H3,(H,27,32)(H,30,31)/p-1/b21-14-. The van der Waals surface area contributed by atoms with Crippen molar-refractivity contribution in [1.29, 1.82) is 0 Å². The minimum absolute atomic E-state index is 0.0931. The van der Waals surface area contributed by atoms with Gasteiger partial charge in [0, 0.05) is 0 Å². The number of rotatable bonds is 8. The van der Waals surface area contributed by atoms with Crippen molar-refractivity contribution in [3.8, 4) is 11.5 Å². The van der Waals surface area contributed by atoms with E-state index < -0.39 is 17.9 Å². The summed E-state index contributed by atoms with van der Waals surface area (Å²) in [6.07, 6.45) is 1.58. The number of nitrogens with zero attached hydrogens (tertiary/aromatic N) is 1. The van der Waals surface area contributed by atoms with Gasteiger partial charge < -0.3 is 24.7 Å². The van der Waals surface area contributed by atoms with Gasteiger partial charge in [-0.15, -0.1) is 0 Å². The SMILES string of the molecule is CCOc1cc(/C=C2\NC(=O)N(c3ccccc3)C2=O)ccc1OCc1ccc(C(=O)[O-])cc1. The van der Waals surface area contributed by atoms with Crippen LogP contribution in [0.1, 0.15) is 28.4 Å². The summed E-state index contributed by atoms with van der Waals surface area (Å²) in [6.45, 7) is 2.44. The summed E-state index contributed by atoms with van der Waals surface area (Å²) in [7, 11) is 0. The van der Waals surface area contributed by atoms with E-state index in [0.717, 1.165) is 10.5 Å². The fraction of sp³-hybridized carbons (Fsp3) is 0.115. The summed E-state index contributed by atoms with van der Waals surface area (Å²) in [4.78, 5) is 37.1. The molecule has 0 aliphatic carbocycles. The second-order valence-electron chi connectivity index (χ2n) is 7.38. The molecule has 1 aliphatic heterocycles. The van der Waals surface area contributed by atoms with Crippen LogP contribution in [0, 0.1) is 0 Å². The number of amides is 3. The molecule has 0 saturated carbocycles. The zero-order chi connectivity index (χ0) is 24.1. The first kappa shape index (κ1) is 22.6. The smallest absolute Gasteiger partial charge is 0.333 e. The van der Waals surface area contributed by atoms with Gasteiger partial charge in [0.05, 0.1) is 18.3 Å². The van der Waals surface area contributed by atoms with E-state index >= 15 is 0 Å². The fourth-order valence-electron chi connectivity index (χ4n) is 3.41. The second-order valence-corrected chi connectivity index (χ2v) is 7.38. The monoisotopic (exact) mass is 457 g/mol. The molecule has 1 N–H and O–H groups in total. The molecular weight excluding hydrogens is 436 g/mol.